The van der Waals surface area contributed by atoms with Crippen LogP contribution in [-0.2, 0) is 22.4 Å². The summed E-state index contributed by atoms with van der Waals surface area (Å²) in [6.07, 6.45) is 9.07. The number of rotatable bonds is 7. The number of piperidine rings is 3. The third kappa shape index (κ3) is 10.4. The van der Waals surface area contributed by atoms with Crippen molar-refractivity contribution in [3.63, 3.8) is 0 Å². The van der Waals surface area contributed by atoms with Crippen LogP contribution in [0.15, 0.2) is 45.3 Å². The molecule has 0 bridgehead atoms. The number of fused-ring (bicyclic) bond motifs is 1. The van der Waals surface area contributed by atoms with E-state index < -0.39 is 0 Å². The summed E-state index contributed by atoms with van der Waals surface area (Å²) < 4.78 is 6.07. The zero-order valence-electron chi connectivity index (χ0n) is 30.4. The first kappa shape index (κ1) is 39.4. The van der Waals surface area contributed by atoms with E-state index in [1.807, 2.05) is 42.2 Å². The van der Waals surface area contributed by atoms with Crippen LogP contribution in [0.2, 0.25) is 0 Å². The number of para-hydroxylation sites is 1. The van der Waals surface area contributed by atoms with Crippen molar-refractivity contribution in [2.75, 3.05) is 64.8 Å². The van der Waals surface area contributed by atoms with E-state index in [-0.39, 0.29) is 35.7 Å². The Morgan fingerprint density at radius 3 is 2.10 bits per heavy atom. The van der Waals surface area contributed by atoms with Gasteiger partial charge in [-0.15, -0.1) is 0 Å². The van der Waals surface area contributed by atoms with Crippen molar-refractivity contribution in [3.8, 4) is 5.75 Å². The SMILES string of the molecule is CCCN1CCC(C2CCN(C(=O)[C@H](C)Cc3cc(Br)c(O)c(Br)c3)CC2)CC1.COC(=O)N1CCC(N2CCc3ccccc3NC2=O)CC1. The fourth-order valence-corrected chi connectivity index (χ4v) is 9.55. The highest BCUT2D eigenvalue weighted by atomic mass is 79.9. The molecule has 1 atom stereocenters. The molecule has 12 heteroatoms. The van der Waals surface area contributed by atoms with Crippen molar-refractivity contribution in [2.45, 2.75) is 77.7 Å². The summed E-state index contributed by atoms with van der Waals surface area (Å²) in [4.78, 5) is 45.3. The second-order valence-corrected chi connectivity index (χ2v) is 16.3. The Morgan fingerprint density at radius 2 is 1.49 bits per heavy atom. The highest BCUT2D eigenvalue weighted by molar-refractivity contribution is 9.11. The number of carbonyl (C=O) groups is 3. The van der Waals surface area contributed by atoms with Crippen molar-refractivity contribution in [2.24, 2.45) is 17.8 Å². The van der Waals surface area contributed by atoms with Crippen molar-refractivity contribution >= 4 is 55.6 Å². The van der Waals surface area contributed by atoms with E-state index in [0.29, 0.717) is 35.0 Å². The van der Waals surface area contributed by atoms with Crippen molar-refractivity contribution in [1.82, 2.24) is 19.6 Å². The Hall–Kier alpha value is -2.83. The van der Waals surface area contributed by atoms with Crippen molar-refractivity contribution in [1.29, 1.82) is 0 Å². The molecule has 0 aromatic heterocycles. The Labute approximate surface area is 320 Å². The van der Waals surface area contributed by atoms with E-state index in [0.717, 1.165) is 68.3 Å². The number of phenols is 1. The number of aromatic hydroxyl groups is 1. The van der Waals surface area contributed by atoms with Crippen molar-refractivity contribution < 1.29 is 24.2 Å². The molecular weight excluding hydrogens is 778 g/mol. The van der Waals surface area contributed by atoms with Gasteiger partial charge in [-0.3, -0.25) is 4.79 Å². The van der Waals surface area contributed by atoms with Gasteiger partial charge in [0.1, 0.15) is 5.75 Å². The van der Waals surface area contributed by atoms with Crippen LogP contribution in [0.25, 0.3) is 0 Å². The highest BCUT2D eigenvalue weighted by Crippen LogP contribution is 2.35. The van der Waals surface area contributed by atoms with Gasteiger partial charge in [0, 0.05) is 50.4 Å². The summed E-state index contributed by atoms with van der Waals surface area (Å²) in [5.41, 5.74) is 3.13. The number of amides is 4. The van der Waals surface area contributed by atoms with E-state index >= 15 is 0 Å². The van der Waals surface area contributed by atoms with E-state index in [1.165, 1.54) is 51.6 Å². The topological polar surface area (TPSA) is 106 Å². The van der Waals surface area contributed by atoms with Crippen LogP contribution in [-0.4, -0.2) is 108 Å². The molecule has 0 aliphatic carbocycles. The summed E-state index contributed by atoms with van der Waals surface area (Å²) in [7, 11) is 1.40. The molecule has 4 heterocycles. The van der Waals surface area contributed by atoms with Gasteiger partial charge in [-0.25, -0.2) is 9.59 Å². The Balaban J connectivity index is 0.000000205. The van der Waals surface area contributed by atoms with Crippen LogP contribution in [0.4, 0.5) is 15.3 Å². The molecule has 0 spiro atoms. The fourth-order valence-electron chi connectivity index (χ4n) is 8.27. The van der Waals surface area contributed by atoms with E-state index in [1.54, 1.807) is 4.90 Å². The lowest BCUT2D eigenvalue weighted by Crippen LogP contribution is -2.50. The maximum Gasteiger partial charge on any atom is 0.409 e. The first-order chi connectivity index (χ1) is 24.6. The minimum absolute atomic E-state index is 0.0403. The number of nitrogens with zero attached hydrogens (tertiary/aromatic N) is 4. The smallest absolute Gasteiger partial charge is 0.409 e. The lowest BCUT2D eigenvalue weighted by molar-refractivity contribution is -0.136. The molecule has 6 rings (SSSR count). The van der Waals surface area contributed by atoms with Crippen molar-refractivity contribution in [3.05, 3.63) is 56.5 Å². The van der Waals surface area contributed by atoms with Gasteiger partial charge >= 0.3 is 12.1 Å². The predicted molar refractivity (Wildman–Crippen MR) is 208 cm³/mol. The lowest BCUT2D eigenvalue weighted by atomic mass is 9.78. The molecule has 280 valence electrons. The minimum Gasteiger partial charge on any atom is -0.506 e. The molecule has 4 aliphatic rings. The molecule has 2 aromatic carbocycles. The predicted octanol–water partition coefficient (Wildman–Crippen LogP) is 7.76. The number of hydrogen-bond donors (Lipinski definition) is 2. The summed E-state index contributed by atoms with van der Waals surface area (Å²) >= 11 is 6.76. The number of nitrogens with one attached hydrogen (secondary N) is 1. The number of likely N-dealkylation sites (tertiary alicyclic amines) is 3. The van der Waals surface area contributed by atoms with Crippen LogP contribution in [0.5, 0.6) is 5.75 Å². The van der Waals surface area contributed by atoms with Gasteiger partial charge in [0.2, 0.25) is 5.91 Å². The molecule has 2 aromatic rings. The number of carbonyl (C=O) groups excluding carboxylic acids is 3. The first-order valence-corrected chi connectivity index (χ1v) is 20.3. The molecular formula is C39H55Br2N5O5. The zero-order valence-corrected chi connectivity index (χ0v) is 33.6. The normalized spacial score (nSPS) is 20.1. The average Bonchev–Trinajstić information content (AvgIpc) is 3.32. The van der Waals surface area contributed by atoms with Crippen LogP contribution in [0.1, 0.15) is 69.9 Å². The standard InChI is InChI=1S/C23H34Br2N2O2.C16H21N3O3/c1-3-8-26-9-4-18(5-10-26)19-6-11-27(12-7-19)23(29)16(2)13-17-14-20(24)22(28)21(25)15-17;1-22-16(21)18-9-7-13(8-10-18)19-11-6-12-4-2-3-5-14(12)17-15(19)20/h14-16,18-19,28H,3-13H2,1-2H3;2-5,13H,6-11H2,1H3,(H,17,20)/t16-;/m1./s1. The number of halogens is 2. The van der Waals surface area contributed by atoms with E-state index in [9.17, 15) is 19.5 Å². The third-order valence-corrected chi connectivity index (χ3v) is 12.4. The Kier molecular flexibility index (Phi) is 14.5. The highest BCUT2D eigenvalue weighted by Gasteiger charge is 2.33. The van der Waals surface area contributed by atoms with Crippen LogP contribution in [0.3, 0.4) is 0 Å². The molecule has 2 N–H and O–H groups in total. The zero-order chi connectivity index (χ0) is 36.5. The number of methoxy groups -OCH3 is 1. The second-order valence-electron chi connectivity index (χ2n) is 14.6. The maximum atomic E-state index is 13.0. The monoisotopic (exact) mass is 831 g/mol. The quantitative estimate of drug-likeness (QED) is 0.296. The largest absolute Gasteiger partial charge is 0.506 e. The van der Waals surface area contributed by atoms with Crippen LogP contribution in [0, 0.1) is 17.8 Å². The van der Waals surface area contributed by atoms with Gasteiger partial charge in [0.25, 0.3) is 0 Å². The molecule has 0 saturated carbocycles. The summed E-state index contributed by atoms with van der Waals surface area (Å²) in [6, 6.07) is 11.9. The molecule has 4 amide bonds. The molecule has 51 heavy (non-hydrogen) atoms. The van der Waals surface area contributed by atoms with Gasteiger partial charge in [0.05, 0.1) is 16.1 Å². The molecule has 0 unspecified atom stereocenters. The number of hydrogen-bond acceptors (Lipinski definition) is 6. The lowest BCUT2D eigenvalue weighted by Gasteiger charge is -2.40. The van der Waals surface area contributed by atoms with Gasteiger partial charge in [-0.1, -0.05) is 32.0 Å². The summed E-state index contributed by atoms with van der Waals surface area (Å²) in [5, 5.41) is 12.9. The second kappa shape index (κ2) is 18.8. The number of phenolic OH excluding ortho intramolecular Hbond substituents is 1. The van der Waals surface area contributed by atoms with Crippen LogP contribution < -0.4 is 5.32 Å². The van der Waals surface area contributed by atoms with Gasteiger partial charge < -0.3 is 34.8 Å². The molecule has 10 nitrogen and oxygen atoms in total. The molecule has 4 aliphatic heterocycles. The number of ether oxygens (including phenoxy) is 1. The maximum absolute atomic E-state index is 13.0. The molecule has 3 fully saturated rings. The fraction of sp³-hybridized carbons (Fsp3) is 0.615. The first-order valence-electron chi connectivity index (χ1n) is 18.7. The average molecular weight is 834 g/mol. The summed E-state index contributed by atoms with van der Waals surface area (Å²) in [6.45, 7) is 11.8. The van der Waals surface area contributed by atoms with Gasteiger partial charge in [-0.05, 0) is 150 Å². The Bertz CT molecular complexity index is 1460. The number of urea groups is 1. The number of benzene rings is 2. The number of anilines is 1. The van der Waals surface area contributed by atoms with Gasteiger partial charge in [-0.2, -0.15) is 0 Å². The Morgan fingerprint density at radius 1 is 0.902 bits per heavy atom. The minimum atomic E-state index is -0.286. The third-order valence-electron chi connectivity index (χ3n) is 11.2. The van der Waals surface area contributed by atoms with E-state index in [4.69, 9.17) is 4.74 Å². The van der Waals surface area contributed by atoms with Crippen LogP contribution >= 0.6 is 31.9 Å². The molecule has 3 saturated heterocycles. The summed E-state index contributed by atoms with van der Waals surface area (Å²) in [5.74, 6) is 2.07. The molecule has 0 radical (unpaired) electrons. The van der Waals surface area contributed by atoms with Gasteiger partial charge in [0.15, 0.2) is 0 Å². The van der Waals surface area contributed by atoms with E-state index in [2.05, 4.69) is 60.0 Å².